The zero-order chi connectivity index (χ0) is 12.0. The molecule has 3 nitrogen and oxygen atoms in total. The van der Waals surface area contributed by atoms with E-state index in [1.54, 1.807) is 11.3 Å². The number of thiophene rings is 1. The van der Waals surface area contributed by atoms with Crippen LogP contribution in [0.2, 0.25) is 0 Å². The van der Waals surface area contributed by atoms with E-state index in [1.165, 1.54) is 9.75 Å². The largest absolute Gasteiger partial charge is 0.370 e. The number of nitrogens with two attached hydrogens (primary N) is 1. The fourth-order valence-electron chi connectivity index (χ4n) is 1.28. The van der Waals surface area contributed by atoms with Gasteiger partial charge < -0.3 is 11.1 Å². The van der Waals surface area contributed by atoms with Crippen LogP contribution in [0, 0.1) is 12.8 Å². The molecule has 16 heavy (non-hydrogen) atoms. The van der Waals surface area contributed by atoms with E-state index in [9.17, 15) is 0 Å². The van der Waals surface area contributed by atoms with E-state index in [1.807, 2.05) is 0 Å². The molecule has 3 N–H and O–H groups in total. The molecule has 4 heteroatoms. The van der Waals surface area contributed by atoms with Crippen LogP contribution in [0.1, 0.15) is 30.0 Å². The fraction of sp³-hybridized carbons (Fsp3) is 0.583. The maximum Gasteiger partial charge on any atom is 0.188 e. The lowest BCUT2D eigenvalue weighted by Crippen LogP contribution is -2.32. The standard InChI is InChI=1S/C12H21N3S/c1-9(2)6-7-14-12(13)15-8-11-5-4-10(3)16-11/h4-5,9H,6-8H2,1-3H3,(H3,13,14,15). The van der Waals surface area contributed by atoms with Crippen LogP contribution < -0.4 is 11.1 Å². The molecule has 0 saturated heterocycles. The van der Waals surface area contributed by atoms with Crippen molar-refractivity contribution in [3.05, 3.63) is 21.9 Å². The molecular weight excluding hydrogens is 218 g/mol. The van der Waals surface area contributed by atoms with E-state index in [0.29, 0.717) is 18.4 Å². The third-order valence-electron chi connectivity index (χ3n) is 2.23. The molecule has 0 fully saturated rings. The highest BCUT2D eigenvalue weighted by Gasteiger charge is 1.97. The Morgan fingerprint density at radius 1 is 1.50 bits per heavy atom. The molecule has 1 aromatic heterocycles. The van der Waals surface area contributed by atoms with Gasteiger partial charge in [-0.25, -0.2) is 4.99 Å². The van der Waals surface area contributed by atoms with Gasteiger partial charge in [0.1, 0.15) is 0 Å². The summed E-state index contributed by atoms with van der Waals surface area (Å²) in [5.41, 5.74) is 5.76. The van der Waals surface area contributed by atoms with Gasteiger partial charge in [0, 0.05) is 16.3 Å². The number of aryl methyl sites for hydroxylation is 1. The van der Waals surface area contributed by atoms with Gasteiger partial charge in [0.15, 0.2) is 5.96 Å². The Bertz CT molecular complexity index is 342. The summed E-state index contributed by atoms with van der Waals surface area (Å²) >= 11 is 1.77. The zero-order valence-electron chi connectivity index (χ0n) is 10.3. The number of guanidine groups is 1. The van der Waals surface area contributed by atoms with Gasteiger partial charge in [-0.2, -0.15) is 0 Å². The Morgan fingerprint density at radius 2 is 2.25 bits per heavy atom. The van der Waals surface area contributed by atoms with E-state index < -0.39 is 0 Å². The average molecular weight is 239 g/mol. The summed E-state index contributed by atoms with van der Waals surface area (Å²) in [7, 11) is 0. The monoisotopic (exact) mass is 239 g/mol. The second-order valence-electron chi connectivity index (χ2n) is 4.32. The molecule has 0 radical (unpaired) electrons. The molecule has 0 aliphatic heterocycles. The summed E-state index contributed by atoms with van der Waals surface area (Å²) in [4.78, 5) is 6.87. The molecule has 1 heterocycles. The molecule has 0 bridgehead atoms. The first-order valence-corrected chi connectivity index (χ1v) is 6.48. The van der Waals surface area contributed by atoms with Crippen molar-refractivity contribution in [3.8, 4) is 0 Å². The van der Waals surface area contributed by atoms with E-state index >= 15 is 0 Å². The molecule has 0 aliphatic rings. The lowest BCUT2D eigenvalue weighted by atomic mass is 10.1. The molecule has 1 aromatic rings. The summed E-state index contributed by atoms with van der Waals surface area (Å²) in [6, 6.07) is 4.21. The van der Waals surface area contributed by atoms with Crippen LogP contribution in [0.5, 0.6) is 0 Å². The van der Waals surface area contributed by atoms with Crippen molar-refractivity contribution in [2.24, 2.45) is 16.6 Å². The van der Waals surface area contributed by atoms with Crippen molar-refractivity contribution in [2.45, 2.75) is 33.7 Å². The number of hydrogen-bond acceptors (Lipinski definition) is 2. The van der Waals surface area contributed by atoms with E-state index in [4.69, 9.17) is 5.73 Å². The van der Waals surface area contributed by atoms with E-state index in [0.717, 1.165) is 13.0 Å². The van der Waals surface area contributed by atoms with Crippen molar-refractivity contribution in [3.63, 3.8) is 0 Å². The summed E-state index contributed by atoms with van der Waals surface area (Å²) in [5, 5.41) is 3.12. The molecule has 0 aliphatic carbocycles. The normalized spacial score (nSPS) is 12.1. The predicted molar refractivity (Wildman–Crippen MR) is 71.8 cm³/mol. The highest BCUT2D eigenvalue weighted by Crippen LogP contribution is 2.15. The molecule has 0 amide bonds. The van der Waals surface area contributed by atoms with Crippen molar-refractivity contribution < 1.29 is 0 Å². The summed E-state index contributed by atoms with van der Waals surface area (Å²) in [5.74, 6) is 1.24. The Balaban J connectivity index is 2.28. The number of nitrogens with zero attached hydrogens (tertiary/aromatic N) is 1. The van der Waals surface area contributed by atoms with Crippen LogP contribution >= 0.6 is 11.3 Å². The van der Waals surface area contributed by atoms with Gasteiger partial charge >= 0.3 is 0 Å². The van der Waals surface area contributed by atoms with Crippen LogP contribution in [0.15, 0.2) is 17.1 Å². The molecule has 0 aromatic carbocycles. The van der Waals surface area contributed by atoms with Crippen molar-refractivity contribution in [1.82, 2.24) is 5.32 Å². The minimum Gasteiger partial charge on any atom is -0.370 e. The number of rotatable bonds is 5. The van der Waals surface area contributed by atoms with Gasteiger partial charge in [0.2, 0.25) is 0 Å². The number of nitrogens with one attached hydrogen (secondary N) is 1. The van der Waals surface area contributed by atoms with Gasteiger partial charge in [-0.15, -0.1) is 11.3 Å². The maximum absolute atomic E-state index is 5.76. The molecular formula is C12H21N3S. The van der Waals surface area contributed by atoms with Gasteiger partial charge in [0.05, 0.1) is 6.54 Å². The summed E-state index contributed by atoms with van der Waals surface area (Å²) < 4.78 is 0. The smallest absolute Gasteiger partial charge is 0.188 e. The van der Waals surface area contributed by atoms with E-state index in [2.05, 4.69) is 43.2 Å². The highest BCUT2D eigenvalue weighted by molar-refractivity contribution is 7.11. The second-order valence-corrected chi connectivity index (χ2v) is 5.70. The number of hydrogen-bond donors (Lipinski definition) is 2. The van der Waals surface area contributed by atoms with Gasteiger partial charge in [-0.3, -0.25) is 0 Å². The van der Waals surface area contributed by atoms with Crippen LogP contribution in [0.25, 0.3) is 0 Å². The first-order valence-electron chi connectivity index (χ1n) is 5.67. The minimum atomic E-state index is 0.548. The SMILES string of the molecule is Cc1ccc(CN=C(N)NCCC(C)C)s1. The molecule has 0 atom stereocenters. The Morgan fingerprint density at radius 3 is 2.81 bits per heavy atom. The third kappa shape index (κ3) is 5.16. The molecule has 0 saturated carbocycles. The molecule has 0 spiro atoms. The fourth-order valence-corrected chi connectivity index (χ4v) is 2.09. The van der Waals surface area contributed by atoms with Crippen molar-refractivity contribution >= 4 is 17.3 Å². The molecule has 1 rings (SSSR count). The van der Waals surface area contributed by atoms with Crippen LogP contribution in [-0.4, -0.2) is 12.5 Å². The van der Waals surface area contributed by atoms with E-state index in [-0.39, 0.29) is 0 Å². The van der Waals surface area contributed by atoms with Crippen LogP contribution in [0.4, 0.5) is 0 Å². The average Bonchev–Trinajstić information content (AvgIpc) is 2.61. The van der Waals surface area contributed by atoms with Crippen molar-refractivity contribution in [1.29, 1.82) is 0 Å². The first-order chi connectivity index (χ1) is 7.58. The van der Waals surface area contributed by atoms with Crippen molar-refractivity contribution in [2.75, 3.05) is 6.54 Å². The Kier molecular flexibility index (Phi) is 5.32. The zero-order valence-corrected chi connectivity index (χ0v) is 11.1. The second kappa shape index (κ2) is 6.53. The predicted octanol–water partition coefficient (Wildman–Crippen LogP) is 2.51. The molecule has 0 unspecified atom stereocenters. The topological polar surface area (TPSA) is 50.4 Å². The Labute approximate surface area is 102 Å². The van der Waals surface area contributed by atoms with Crippen LogP contribution in [0.3, 0.4) is 0 Å². The lowest BCUT2D eigenvalue weighted by molar-refractivity contribution is 0.576. The lowest BCUT2D eigenvalue weighted by Gasteiger charge is -2.06. The summed E-state index contributed by atoms with van der Waals surface area (Å²) in [6.45, 7) is 8.07. The number of aliphatic imine (C=N–C) groups is 1. The summed E-state index contributed by atoms with van der Waals surface area (Å²) in [6.07, 6.45) is 1.12. The Hall–Kier alpha value is -1.03. The quantitative estimate of drug-likeness (QED) is 0.613. The van der Waals surface area contributed by atoms with Gasteiger partial charge in [0.25, 0.3) is 0 Å². The van der Waals surface area contributed by atoms with Crippen LogP contribution in [-0.2, 0) is 6.54 Å². The first kappa shape index (κ1) is 13.0. The maximum atomic E-state index is 5.76. The minimum absolute atomic E-state index is 0.548. The molecule has 90 valence electrons. The highest BCUT2D eigenvalue weighted by atomic mass is 32.1. The third-order valence-corrected chi connectivity index (χ3v) is 3.21. The van der Waals surface area contributed by atoms with Gasteiger partial charge in [-0.1, -0.05) is 13.8 Å². The van der Waals surface area contributed by atoms with Gasteiger partial charge in [-0.05, 0) is 31.4 Å².